The van der Waals surface area contributed by atoms with Crippen LogP contribution < -0.4 is 10.2 Å². The van der Waals surface area contributed by atoms with Gasteiger partial charge in [0.15, 0.2) is 0 Å². The van der Waals surface area contributed by atoms with E-state index < -0.39 is 0 Å². The van der Waals surface area contributed by atoms with E-state index >= 15 is 0 Å². The van der Waals surface area contributed by atoms with Gasteiger partial charge in [0.2, 0.25) is 0 Å². The number of nitrogens with one attached hydrogen (secondary N) is 1. The smallest absolute Gasteiger partial charge is 0.342 e. The molecule has 5 heteroatoms. The average molecular weight is 277 g/mol. The number of anilines is 1. The zero-order valence-corrected chi connectivity index (χ0v) is 12.4. The van der Waals surface area contributed by atoms with Gasteiger partial charge >= 0.3 is 5.97 Å². The van der Waals surface area contributed by atoms with Gasteiger partial charge in [0.05, 0.1) is 12.3 Å². The molecule has 0 spiro atoms. The van der Waals surface area contributed by atoms with Gasteiger partial charge < -0.3 is 9.64 Å². The number of carbonyl (C=O) groups excluding carboxylic acids is 1. The van der Waals surface area contributed by atoms with E-state index in [4.69, 9.17) is 4.74 Å². The summed E-state index contributed by atoms with van der Waals surface area (Å²) >= 11 is 0. The van der Waals surface area contributed by atoms with Crippen LogP contribution in [0.15, 0.2) is 18.3 Å². The van der Waals surface area contributed by atoms with Crippen molar-refractivity contribution in [2.45, 2.75) is 45.9 Å². The molecule has 0 aliphatic carbocycles. The minimum Gasteiger partial charge on any atom is -0.459 e. The number of esters is 1. The van der Waals surface area contributed by atoms with E-state index in [-0.39, 0.29) is 18.2 Å². The summed E-state index contributed by atoms with van der Waals surface area (Å²) in [5.41, 5.74) is 0.547. The van der Waals surface area contributed by atoms with Gasteiger partial charge in [-0.05, 0) is 45.4 Å². The Labute approximate surface area is 120 Å². The zero-order chi connectivity index (χ0) is 14.5. The second kappa shape index (κ2) is 6.70. The van der Waals surface area contributed by atoms with Crippen molar-refractivity contribution in [1.29, 1.82) is 0 Å². The fourth-order valence-electron chi connectivity index (χ4n) is 2.53. The Morgan fingerprint density at radius 3 is 3.10 bits per heavy atom. The highest BCUT2D eigenvalue weighted by molar-refractivity contribution is 5.95. The third-order valence-corrected chi connectivity index (χ3v) is 3.31. The van der Waals surface area contributed by atoms with Crippen LogP contribution in [0.25, 0.3) is 0 Å². The van der Waals surface area contributed by atoms with Gasteiger partial charge in [-0.1, -0.05) is 6.92 Å². The van der Waals surface area contributed by atoms with E-state index in [2.05, 4.69) is 22.1 Å². The molecule has 1 saturated heterocycles. The molecule has 0 bridgehead atoms. The lowest BCUT2D eigenvalue weighted by molar-refractivity contribution is 0.0378. The predicted molar refractivity (Wildman–Crippen MR) is 78.8 cm³/mol. The molecule has 1 aliphatic heterocycles. The van der Waals surface area contributed by atoms with Crippen molar-refractivity contribution in [3.63, 3.8) is 0 Å². The van der Waals surface area contributed by atoms with Crippen LogP contribution in [0.1, 0.15) is 44.0 Å². The number of hydrogen-bond donors (Lipinski definition) is 1. The normalized spacial score (nSPS) is 18.6. The summed E-state index contributed by atoms with van der Waals surface area (Å²) in [5, 5.41) is 3.43. The first-order valence-corrected chi connectivity index (χ1v) is 7.29. The zero-order valence-electron chi connectivity index (χ0n) is 12.4. The minimum atomic E-state index is -0.301. The molecule has 1 aromatic rings. The first kappa shape index (κ1) is 14.8. The van der Waals surface area contributed by atoms with Crippen molar-refractivity contribution in [2.75, 3.05) is 18.0 Å². The summed E-state index contributed by atoms with van der Waals surface area (Å²) in [6.07, 6.45) is 4.03. The minimum absolute atomic E-state index is 0.126. The molecule has 1 N–H and O–H groups in total. The number of nitrogens with zero attached hydrogens (tertiary/aromatic N) is 2. The van der Waals surface area contributed by atoms with Crippen LogP contribution in [0, 0.1) is 0 Å². The maximum atomic E-state index is 12.2. The molecule has 0 unspecified atom stereocenters. The molecule has 1 atom stereocenters. The van der Waals surface area contributed by atoms with E-state index in [1.807, 2.05) is 13.8 Å². The Morgan fingerprint density at radius 2 is 2.40 bits per heavy atom. The number of pyridine rings is 1. The number of rotatable bonds is 5. The molecule has 5 nitrogen and oxygen atoms in total. The van der Waals surface area contributed by atoms with Gasteiger partial charge in [0.1, 0.15) is 11.4 Å². The molecule has 2 rings (SSSR count). The predicted octanol–water partition coefficient (Wildman–Crippen LogP) is 2.18. The van der Waals surface area contributed by atoms with Crippen molar-refractivity contribution in [2.24, 2.45) is 0 Å². The van der Waals surface area contributed by atoms with E-state index in [0.717, 1.165) is 31.7 Å². The first-order valence-electron chi connectivity index (χ1n) is 7.29. The molecule has 2 heterocycles. The molecular formula is C15H23N3O2. The van der Waals surface area contributed by atoms with E-state index in [0.29, 0.717) is 5.56 Å². The SMILES string of the molecule is CCN[C@@H]1CCCN1c1ncccc1C(=O)OC(C)C. The van der Waals surface area contributed by atoms with E-state index in [1.54, 1.807) is 18.3 Å². The number of hydrogen-bond acceptors (Lipinski definition) is 5. The molecule has 0 aromatic carbocycles. The van der Waals surface area contributed by atoms with Crippen molar-refractivity contribution >= 4 is 11.8 Å². The van der Waals surface area contributed by atoms with Crippen molar-refractivity contribution in [3.05, 3.63) is 23.9 Å². The molecule has 1 aromatic heterocycles. The van der Waals surface area contributed by atoms with Gasteiger partial charge in [-0.3, -0.25) is 5.32 Å². The van der Waals surface area contributed by atoms with Gasteiger partial charge in [0, 0.05) is 12.7 Å². The molecular weight excluding hydrogens is 254 g/mol. The Balaban J connectivity index is 2.25. The summed E-state index contributed by atoms with van der Waals surface area (Å²) in [5.74, 6) is 0.423. The van der Waals surface area contributed by atoms with Crippen LogP contribution in [-0.4, -0.2) is 36.3 Å². The van der Waals surface area contributed by atoms with Gasteiger partial charge in [0.25, 0.3) is 0 Å². The fourth-order valence-corrected chi connectivity index (χ4v) is 2.53. The van der Waals surface area contributed by atoms with Crippen LogP contribution >= 0.6 is 0 Å². The van der Waals surface area contributed by atoms with Crippen molar-refractivity contribution in [1.82, 2.24) is 10.3 Å². The van der Waals surface area contributed by atoms with Gasteiger partial charge in [-0.25, -0.2) is 9.78 Å². The molecule has 0 saturated carbocycles. The second-order valence-corrected chi connectivity index (χ2v) is 5.24. The summed E-state index contributed by atoms with van der Waals surface area (Å²) in [7, 11) is 0. The average Bonchev–Trinajstić information content (AvgIpc) is 2.86. The summed E-state index contributed by atoms with van der Waals surface area (Å²) in [6, 6.07) is 3.56. The summed E-state index contributed by atoms with van der Waals surface area (Å²) < 4.78 is 5.31. The Hall–Kier alpha value is -1.62. The van der Waals surface area contributed by atoms with Gasteiger partial charge in [-0.15, -0.1) is 0 Å². The highest BCUT2D eigenvalue weighted by Gasteiger charge is 2.28. The largest absolute Gasteiger partial charge is 0.459 e. The van der Waals surface area contributed by atoms with Crippen LogP contribution in [0.2, 0.25) is 0 Å². The third-order valence-electron chi connectivity index (χ3n) is 3.31. The molecule has 20 heavy (non-hydrogen) atoms. The Kier molecular flexibility index (Phi) is 4.95. The highest BCUT2D eigenvalue weighted by atomic mass is 16.5. The lowest BCUT2D eigenvalue weighted by atomic mass is 10.2. The second-order valence-electron chi connectivity index (χ2n) is 5.24. The summed E-state index contributed by atoms with van der Waals surface area (Å²) in [6.45, 7) is 7.61. The number of ether oxygens (including phenoxy) is 1. The van der Waals surface area contributed by atoms with Gasteiger partial charge in [-0.2, -0.15) is 0 Å². The quantitative estimate of drug-likeness (QED) is 0.836. The van der Waals surface area contributed by atoms with E-state index in [9.17, 15) is 4.79 Å². The van der Waals surface area contributed by atoms with E-state index in [1.165, 1.54) is 0 Å². The Morgan fingerprint density at radius 1 is 1.60 bits per heavy atom. The first-order chi connectivity index (χ1) is 9.63. The third kappa shape index (κ3) is 3.28. The Bertz CT molecular complexity index is 462. The standard InChI is InChI=1S/C15H23N3O2/c1-4-16-13-8-6-10-18(13)14-12(7-5-9-17-14)15(19)20-11(2)3/h5,7,9,11,13,16H,4,6,8,10H2,1-3H3/t13-/m0/s1. The topological polar surface area (TPSA) is 54.5 Å². The van der Waals surface area contributed by atoms with Crippen LogP contribution in [-0.2, 0) is 4.74 Å². The monoisotopic (exact) mass is 277 g/mol. The fraction of sp³-hybridized carbons (Fsp3) is 0.600. The maximum Gasteiger partial charge on any atom is 0.342 e. The number of aromatic nitrogens is 1. The van der Waals surface area contributed by atoms with Crippen molar-refractivity contribution < 1.29 is 9.53 Å². The summed E-state index contributed by atoms with van der Waals surface area (Å²) in [4.78, 5) is 18.8. The van der Waals surface area contributed by atoms with Crippen molar-refractivity contribution in [3.8, 4) is 0 Å². The maximum absolute atomic E-state index is 12.2. The molecule has 1 aliphatic rings. The lowest BCUT2D eigenvalue weighted by Crippen LogP contribution is -2.42. The lowest BCUT2D eigenvalue weighted by Gasteiger charge is -2.27. The van der Waals surface area contributed by atoms with Crippen LogP contribution in [0.5, 0.6) is 0 Å². The molecule has 110 valence electrons. The molecule has 1 fully saturated rings. The molecule has 0 radical (unpaired) electrons. The molecule has 0 amide bonds. The number of carbonyl (C=O) groups is 1. The highest BCUT2D eigenvalue weighted by Crippen LogP contribution is 2.26. The van der Waals surface area contributed by atoms with Crippen LogP contribution in [0.4, 0.5) is 5.82 Å². The van der Waals surface area contributed by atoms with Crippen LogP contribution in [0.3, 0.4) is 0 Å².